The molecule has 1 atom stereocenters. The molecular formula is C19H33N3O3S. The van der Waals surface area contributed by atoms with Gasteiger partial charge in [0.25, 0.3) is 0 Å². The first-order valence-electron chi connectivity index (χ1n) is 9.03. The number of nitrogens with zero attached hydrogens (tertiary/aromatic N) is 1. The summed E-state index contributed by atoms with van der Waals surface area (Å²) in [5, 5.41) is 6.37. The summed E-state index contributed by atoms with van der Waals surface area (Å²) >= 11 is 0. The molecule has 2 N–H and O–H groups in total. The summed E-state index contributed by atoms with van der Waals surface area (Å²) in [6, 6.07) is 8.55. The predicted molar refractivity (Wildman–Crippen MR) is 107 cm³/mol. The first-order valence-corrected chi connectivity index (χ1v) is 10.7. The van der Waals surface area contributed by atoms with Crippen LogP contribution in [0.25, 0.3) is 0 Å². The van der Waals surface area contributed by atoms with Crippen molar-refractivity contribution < 1.29 is 13.2 Å². The minimum atomic E-state index is -3.24. The van der Waals surface area contributed by atoms with E-state index in [1.807, 2.05) is 13.0 Å². The van der Waals surface area contributed by atoms with Crippen molar-refractivity contribution in [3.8, 4) is 0 Å². The zero-order valence-corrected chi connectivity index (χ0v) is 17.4. The largest absolute Gasteiger partial charge is 0.379 e. The summed E-state index contributed by atoms with van der Waals surface area (Å²) in [7, 11) is -1.55. The summed E-state index contributed by atoms with van der Waals surface area (Å²) in [6.07, 6.45) is 0.519. The maximum absolute atomic E-state index is 12.3. The van der Waals surface area contributed by atoms with Gasteiger partial charge in [0, 0.05) is 20.2 Å². The van der Waals surface area contributed by atoms with E-state index in [0.29, 0.717) is 30.4 Å². The molecule has 1 aromatic rings. The van der Waals surface area contributed by atoms with Gasteiger partial charge in [0.1, 0.15) is 0 Å². The van der Waals surface area contributed by atoms with Crippen molar-refractivity contribution in [2.75, 3.05) is 32.5 Å². The van der Waals surface area contributed by atoms with Crippen LogP contribution in [0.5, 0.6) is 0 Å². The number of sulfone groups is 1. The number of methoxy groups -OCH3 is 1. The topological polar surface area (TPSA) is 79.8 Å². The Labute approximate surface area is 158 Å². The average Bonchev–Trinajstić information content (AvgIpc) is 2.58. The van der Waals surface area contributed by atoms with E-state index in [1.165, 1.54) is 0 Å². The minimum absolute atomic E-state index is 0.000658. The molecule has 1 rings (SSSR count). The number of hydrogen-bond donors (Lipinski definition) is 2. The molecule has 0 bridgehead atoms. The first kappa shape index (κ1) is 22.4. The van der Waals surface area contributed by atoms with Crippen LogP contribution in [0.15, 0.2) is 40.2 Å². The highest BCUT2D eigenvalue weighted by Gasteiger charge is 2.24. The highest BCUT2D eigenvalue weighted by Crippen LogP contribution is 2.21. The van der Waals surface area contributed by atoms with Crippen LogP contribution < -0.4 is 10.6 Å². The van der Waals surface area contributed by atoms with Crippen LogP contribution in [-0.2, 0) is 14.6 Å². The number of rotatable bonds is 9. The Kier molecular flexibility index (Phi) is 9.08. The molecule has 1 unspecified atom stereocenters. The molecule has 0 amide bonds. The molecule has 0 aromatic heterocycles. The van der Waals surface area contributed by atoms with Gasteiger partial charge in [-0.2, -0.15) is 0 Å². The number of benzene rings is 1. The highest BCUT2D eigenvalue weighted by atomic mass is 32.2. The van der Waals surface area contributed by atoms with Crippen LogP contribution in [-0.4, -0.2) is 53.0 Å². The molecule has 0 aliphatic heterocycles. The van der Waals surface area contributed by atoms with Crippen molar-refractivity contribution >= 4 is 15.8 Å². The van der Waals surface area contributed by atoms with E-state index in [4.69, 9.17) is 4.74 Å². The molecule has 7 heteroatoms. The van der Waals surface area contributed by atoms with E-state index in [9.17, 15) is 8.42 Å². The average molecular weight is 384 g/mol. The molecular weight excluding hydrogens is 350 g/mol. The van der Waals surface area contributed by atoms with Crippen LogP contribution in [0.2, 0.25) is 0 Å². The van der Waals surface area contributed by atoms with Gasteiger partial charge in [-0.15, -0.1) is 0 Å². The van der Waals surface area contributed by atoms with Gasteiger partial charge in [0.15, 0.2) is 15.8 Å². The van der Waals surface area contributed by atoms with E-state index in [0.717, 1.165) is 6.54 Å². The van der Waals surface area contributed by atoms with Gasteiger partial charge in [-0.25, -0.2) is 8.42 Å². The Morgan fingerprint density at radius 3 is 2.38 bits per heavy atom. The van der Waals surface area contributed by atoms with Crippen molar-refractivity contribution in [2.45, 2.75) is 45.1 Å². The van der Waals surface area contributed by atoms with Crippen LogP contribution in [0.3, 0.4) is 0 Å². The van der Waals surface area contributed by atoms with Gasteiger partial charge in [0.05, 0.1) is 23.3 Å². The fourth-order valence-corrected chi connectivity index (χ4v) is 3.76. The normalized spacial score (nSPS) is 14.1. The molecule has 0 heterocycles. The lowest BCUT2D eigenvalue weighted by Gasteiger charge is -2.28. The highest BCUT2D eigenvalue weighted by molar-refractivity contribution is 7.91. The summed E-state index contributed by atoms with van der Waals surface area (Å²) in [6.45, 7) is 10.2. The molecule has 0 saturated heterocycles. The molecule has 0 radical (unpaired) electrons. The second kappa shape index (κ2) is 10.5. The van der Waals surface area contributed by atoms with Crippen LogP contribution in [0.4, 0.5) is 0 Å². The molecule has 148 valence electrons. The van der Waals surface area contributed by atoms with Crippen LogP contribution >= 0.6 is 0 Å². The first-order chi connectivity index (χ1) is 12.2. The summed E-state index contributed by atoms with van der Waals surface area (Å²) in [5.41, 5.74) is -0.000658. The minimum Gasteiger partial charge on any atom is -0.379 e. The van der Waals surface area contributed by atoms with Gasteiger partial charge in [-0.1, -0.05) is 39.0 Å². The van der Waals surface area contributed by atoms with Crippen molar-refractivity contribution in [3.63, 3.8) is 0 Å². The lowest BCUT2D eigenvalue weighted by atomic mass is 9.89. The number of guanidine groups is 1. The van der Waals surface area contributed by atoms with E-state index in [1.54, 1.807) is 31.4 Å². The van der Waals surface area contributed by atoms with Crippen molar-refractivity contribution in [1.82, 2.24) is 10.6 Å². The lowest BCUT2D eigenvalue weighted by Crippen LogP contribution is -2.40. The summed E-state index contributed by atoms with van der Waals surface area (Å²) in [5.74, 6) is 0.780. The van der Waals surface area contributed by atoms with Crippen LogP contribution in [0.1, 0.15) is 34.1 Å². The number of hydrogen-bond acceptors (Lipinski definition) is 4. The van der Waals surface area contributed by atoms with Gasteiger partial charge in [-0.3, -0.25) is 4.99 Å². The standard InChI is InChI=1S/C19H33N3O3S/c1-6-20-18(22-15-17(25-5)19(2,3)4)21-13-10-14-26(23,24)16-11-8-7-9-12-16/h7-9,11-12,17H,6,10,13-15H2,1-5H3,(H2,20,21,22). The second-order valence-corrected chi connectivity index (χ2v) is 9.33. The monoisotopic (exact) mass is 383 g/mol. The Balaban J connectivity index is 2.55. The second-order valence-electron chi connectivity index (χ2n) is 7.22. The van der Waals surface area contributed by atoms with E-state index < -0.39 is 9.84 Å². The fraction of sp³-hybridized carbons (Fsp3) is 0.632. The molecule has 0 spiro atoms. The summed E-state index contributed by atoms with van der Waals surface area (Å²) < 4.78 is 30.1. The third-order valence-electron chi connectivity index (χ3n) is 3.99. The van der Waals surface area contributed by atoms with Gasteiger partial charge in [-0.05, 0) is 30.9 Å². The predicted octanol–water partition coefficient (Wildman–Crippen LogP) is 2.47. The molecule has 1 aromatic carbocycles. The van der Waals surface area contributed by atoms with Gasteiger partial charge < -0.3 is 15.4 Å². The van der Waals surface area contributed by atoms with Crippen molar-refractivity contribution in [1.29, 1.82) is 0 Å². The fourth-order valence-electron chi connectivity index (χ4n) is 2.43. The number of nitrogens with one attached hydrogen (secondary N) is 2. The lowest BCUT2D eigenvalue weighted by molar-refractivity contribution is 0.0241. The van der Waals surface area contributed by atoms with Crippen LogP contribution in [0, 0.1) is 5.41 Å². The summed E-state index contributed by atoms with van der Waals surface area (Å²) in [4.78, 5) is 4.93. The smallest absolute Gasteiger partial charge is 0.191 e. The van der Waals surface area contributed by atoms with Gasteiger partial charge in [0.2, 0.25) is 0 Å². The van der Waals surface area contributed by atoms with E-state index >= 15 is 0 Å². The van der Waals surface area contributed by atoms with Gasteiger partial charge >= 0.3 is 0 Å². The quantitative estimate of drug-likeness (QED) is 0.389. The molecule has 26 heavy (non-hydrogen) atoms. The Bertz CT molecular complexity index is 652. The molecule has 6 nitrogen and oxygen atoms in total. The maximum atomic E-state index is 12.3. The molecule has 0 saturated carbocycles. The van der Waals surface area contributed by atoms with Crippen molar-refractivity contribution in [2.24, 2.45) is 10.4 Å². The zero-order chi connectivity index (χ0) is 19.6. The molecule has 0 aliphatic rings. The zero-order valence-electron chi connectivity index (χ0n) is 16.6. The Hall–Kier alpha value is -1.60. The third-order valence-corrected chi connectivity index (χ3v) is 5.81. The Morgan fingerprint density at radius 1 is 1.19 bits per heavy atom. The van der Waals surface area contributed by atoms with E-state index in [2.05, 4.69) is 36.4 Å². The van der Waals surface area contributed by atoms with E-state index in [-0.39, 0.29) is 17.3 Å². The van der Waals surface area contributed by atoms with Crippen molar-refractivity contribution in [3.05, 3.63) is 30.3 Å². The number of ether oxygens (including phenoxy) is 1. The SMILES string of the molecule is CCNC(=NCC(OC)C(C)(C)C)NCCCS(=O)(=O)c1ccccc1. The molecule has 0 aliphatic carbocycles. The Morgan fingerprint density at radius 2 is 1.85 bits per heavy atom. The third kappa shape index (κ3) is 7.74. The molecule has 0 fully saturated rings. The maximum Gasteiger partial charge on any atom is 0.191 e. The number of aliphatic imine (C=N–C) groups is 1.